The number of rotatable bonds is 4. The van der Waals surface area contributed by atoms with Crippen LogP contribution in [0.5, 0.6) is 0 Å². The highest BCUT2D eigenvalue weighted by atomic mass is 32.1. The van der Waals surface area contributed by atoms with E-state index < -0.39 is 0 Å². The van der Waals surface area contributed by atoms with Gasteiger partial charge in [0.15, 0.2) is 5.43 Å². The Labute approximate surface area is 160 Å². The van der Waals surface area contributed by atoms with E-state index in [1.165, 1.54) is 0 Å². The maximum atomic E-state index is 13.1. The minimum Gasteiger partial charge on any atom is -0.289 e. The second kappa shape index (κ2) is 7.65. The van der Waals surface area contributed by atoms with Crippen LogP contribution in [0.3, 0.4) is 0 Å². The van der Waals surface area contributed by atoms with Crippen molar-refractivity contribution in [3.63, 3.8) is 0 Å². The van der Waals surface area contributed by atoms with Crippen LogP contribution in [0, 0.1) is 0 Å². The van der Waals surface area contributed by atoms with Gasteiger partial charge in [-0.1, -0.05) is 36.4 Å². The SMILES string of the molecule is O=c1c(/C=C/c2cccs2)cc2ccccc2cc1/C=C/c1cccs1. The molecule has 0 saturated heterocycles. The van der Waals surface area contributed by atoms with Gasteiger partial charge in [-0.15, -0.1) is 22.7 Å². The fourth-order valence-electron chi connectivity index (χ4n) is 2.77. The molecule has 0 aliphatic heterocycles. The predicted molar refractivity (Wildman–Crippen MR) is 117 cm³/mol. The Morgan fingerprint density at radius 2 is 1.12 bits per heavy atom. The van der Waals surface area contributed by atoms with E-state index in [1.807, 2.05) is 95.7 Å². The molecule has 0 saturated carbocycles. The van der Waals surface area contributed by atoms with Crippen LogP contribution in [0.1, 0.15) is 20.9 Å². The van der Waals surface area contributed by atoms with Crippen LogP contribution in [0.2, 0.25) is 0 Å². The van der Waals surface area contributed by atoms with E-state index in [0.717, 1.165) is 20.5 Å². The van der Waals surface area contributed by atoms with Crippen molar-refractivity contribution in [1.82, 2.24) is 0 Å². The first-order chi connectivity index (χ1) is 12.8. The van der Waals surface area contributed by atoms with E-state index in [0.29, 0.717) is 11.1 Å². The summed E-state index contributed by atoms with van der Waals surface area (Å²) < 4.78 is 0. The largest absolute Gasteiger partial charge is 0.289 e. The van der Waals surface area contributed by atoms with Crippen molar-refractivity contribution in [3.8, 4) is 0 Å². The smallest absolute Gasteiger partial charge is 0.193 e. The van der Waals surface area contributed by atoms with Gasteiger partial charge in [-0.05, 0) is 70.1 Å². The van der Waals surface area contributed by atoms with Crippen molar-refractivity contribution in [1.29, 1.82) is 0 Å². The molecule has 1 nitrogen and oxygen atoms in total. The Morgan fingerprint density at radius 1 is 0.615 bits per heavy atom. The second-order valence-corrected chi connectivity index (χ2v) is 7.81. The lowest BCUT2D eigenvalue weighted by atomic mass is 10.1. The van der Waals surface area contributed by atoms with E-state index >= 15 is 0 Å². The quantitative estimate of drug-likeness (QED) is 0.391. The Morgan fingerprint density at radius 3 is 1.54 bits per heavy atom. The van der Waals surface area contributed by atoms with E-state index in [2.05, 4.69) is 0 Å². The summed E-state index contributed by atoms with van der Waals surface area (Å²) in [6, 6.07) is 20.2. The van der Waals surface area contributed by atoms with Crippen LogP contribution in [0.4, 0.5) is 0 Å². The Balaban J connectivity index is 1.87. The number of hydrogen-bond donors (Lipinski definition) is 0. The van der Waals surface area contributed by atoms with Gasteiger partial charge in [0.2, 0.25) is 0 Å². The molecule has 0 N–H and O–H groups in total. The molecule has 0 radical (unpaired) electrons. The molecular formula is C23H16OS2. The van der Waals surface area contributed by atoms with Crippen LogP contribution >= 0.6 is 22.7 Å². The van der Waals surface area contributed by atoms with E-state index in [4.69, 9.17) is 0 Å². The average molecular weight is 373 g/mol. The summed E-state index contributed by atoms with van der Waals surface area (Å²) in [4.78, 5) is 15.4. The zero-order chi connectivity index (χ0) is 17.8. The Hall–Kier alpha value is -2.75. The first-order valence-electron chi connectivity index (χ1n) is 8.30. The average Bonchev–Trinajstić information content (AvgIpc) is 3.34. The summed E-state index contributed by atoms with van der Waals surface area (Å²) in [5.74, 6) is 0. The second-order valence-electron chi connectivity index (χ2n) is 5.85. The molecule has 126 valence electrons. The topological polar surface area (TPSA) is 17.1 Å². The molecule has 3 heteroatoms. The molecule has 0 fully saturated rings. The summed E-state index contributed by atoms with van der Waals surface area (Å²) in [7, 11) is 0. The van der Waals surface area contributed by atoms with Gasteiger partial charge in [-0.3, -0.25) is 4.79 Å². The molecule has 0 unspecified atom stereocenters. The normalized spacial score (nSPS) is 11.7. The maximum absolute atomic E-state index is 13.1. The summed E-state index contributed by atoms with van der Waals surface area (Å²) >= 11 is 3.32. The maximum Gasteiger partial charge on any atom is 0.193 e. The molecule has 2 aromatic heterocycles. The summed E-state index contributed by atoms with van der Waals surface area (Å²) in [5.41, 5.74) is 1.44. The lowest BCUT2D eigenvalue weighted by Crippen LogP contribution is -2.04. The highest BCUT2D eigenvalue weighted by Gasteiger charge is 2.03. The molecule has 26 heavy (non-hydrogen) atoms. The molecule has 0 aliphatic carbocycles. The van der Waals surface area contributed by atoms with E-state index in [-0.39, 0.29) is 5.43 Å². The van der Waals surface area contributed by atoms with Gasteiger partial charge in [-0.2, -0.15) is 0 Å². The molecule has 4 rings (SSSR count). The van der Waals surface area contributed by atoms with Gasteiger partial charge in [0.05, 0.1) is 0 Å². The van der Waals surface area contributed by atoms with Gasteiger partial charge in [-0.25, -0.2) is 0 Å². The van der Waals surface area contributed by atoms with Gasteiger partial charge >= 0.3 is 0 Å². The number of thiophene rings is 2. The van der Waals surface area contributed by atoms with Gasteiger partial charge in [0.1, 0.15) is 0 Å². The predicted octanol–water partition coefficient (Wildman–Crippen LogP) is 6.66. The first-order valence-corrected chi connectivity index (χ1v) is 10.1. The molecule has 2 aromatic carbocycles. The van der Waals surface area contributed by atoms with Crippen molar-refractivity contribution in [2.24, 2.45) is 0 Å². The van der Waals surface area contributed by atoms with Crippen molar-refractivity contribution >= 4 is 57.8 Å². The van der Waals surface area contributed by atoms with Crippen LogP contribution in [-0.2, 0) is 0 Å². The number of benzene rings is 1. The molecule has 0 aliphatic rings. The lowest BCUT2D eigenvalue weighted by Gasteiger charge is -1.90. The van der Waals surface area contributed by atoms with Crippen molar-refractivity contribution in [2.45, 2.75) is 0 Å². The number of fused-ring (bicyclic) bond motifs is 1. The van der Waals surface area contributed by atoms with E-state index in [1.54, 1.807) is 22.7 Å². The molecule has 2 heterocycles. The van der Waals surface area contributed by atoms with Crippen LogP contribution in [0.25, 0.3) is 35.1 Å². The summed E-state index contributed by atoms with van der Waals surface area (Å²) in [6.07, 6.45) is 7.85. The standard InChI is InChI=1S/C23H16OS2/c24-23-19(9-11-21-7-3-13-25-21)15-17-5-1-2-6-18(17)16-20(23)10-12-22-8-4-14-26-22/h1-16H/b11-9+,12-10+. The molecule has 0 amide bonds. The number of hydrogen-bond acceptors (Lipinski definition) is 3. The van der Waals surface area contributed by atoms with Crippen molar-refractivity contribution < 1.29 is 0 Å². The highest BCUT2D eigenvalue weighted by molar-refractivity contribution is 7.11. The zero-order valence-corrected chi connectivity index (χ0v) is 15.6. The Kier molecular flexibility index (Phi) is 4.91. The monoisotopic (exact) mass is 372 g/mol. The van der Waals surface area contributed by atoms with Gasteiger partial charge in [0, 0.05) is 20.9 Å². The molecule has 0 bridgehead atoms. The van der Waals surface area contributed by atoms with E-state index in [9.17, 15) is 4.79 Å². The molecular weight excluding hydrogens is 356 g/mol. The van der Waals surface area contributed by atoms with Crippen molar-refractivity contribution in [2.75, 3.05) is 0 Å². The lowest BCUT2D eigenvalue weighted by molar-refractivity contribution is 1.59. The zero-order valence-electron chi connectivity index (χ0n) is 14.0. The minimum atomic E-state index is 0.0433. The van der Waals surface area contributed by atoms with Crippen LogP contribution in [0.15, 0.2) is 76.2 Å². The summed E-state index contributed by atoms with van der Waals surface area (Å²) in [5, 5.41) is 6.19. The Bertz CT molecular complexity index is 1050. The van der Waals surface area contributed by atoms with Crippen LogP contribution < -0.4 is 5.43 Å². The van der Waals surface area contributed by atoms with Crippen LogP contribution in [-0.4, -0.2) is 0 Å². The molecule has 0 atom stereocenters. The summed E-state index contributed by atoms with van der Waals surface area (Å²) in [6.45, 7) is 0. The highest BCUT2D eigenvalue weighted by Crippen LogP contribution is 2.19. The third-order valence-corrected chi connectivity index (χ3v) is 5.76. The van der Waals surface area contributed by atoms with Gasteiger partial charge < -0.3 is 0 Å². The fraction of sp³-hybridized carbons (Fsp3) is 0. The van der Waals surface area contributed by atoms with Gasteiger partial charge in [0.25, 0.3) is 0 Å². The molecule has 4 aromatic rings. The van der Waals surface area contributed by atoms with Crippen molar-refractivity contribution in [3.05, 3.63) is 103 Å². The first kappa shape index (κ1) is 16.7. The fourth-order valence-corrected chi connectivity index (χ4v) is 4.01. The minimum absolute atomic E-state index is 0.0433. The third kappa shape index (κ3) is 3.74. The third-order valence-electron chi connectivity index (χ3n) is 4.08. The molecule has 0 spiro atoms.